The normalized spacial score (nSPS) is 16.5. The molecule has 4 N–H and O–H groups in total. The second-order valence-electron chi connectivity index (χ2n) is 8.63. The summed E-state index contributed by atoms with van der Waals surface area (Å²) in [4.78, 5) is 39.1. The fraction of sp³-hybridized carbons (Fsp3) is 0.609. The molecule has 2 unspecified atom stereocenters. The highest BCUT2D eigenvalue weighted by Gasteiger charge is 2.30. The Labute approximate surface area is 184 Å². The van der Waals surface area contributed by atoms with Gasteiger partial charge in [-0.1, -0.05) is 26.0 Å². The minimum atomic E-state index is -0.634. The summed E-state index contributed by atoms with van der Waals surface area (Å²) in [5.74, 6) is 0.480. The van der Waals surface area contributed by atoms with Crippen molar-refractivity contribution in [1.82, 2.24) is 15.5 Å². The highest BCUT2D eigenvalue weighted by molar-refractivity contribution is 5.88. The molecule has 0 aromatic heterocycles. The maximum Gasteiger partial charge on any atom is 0.242 e. The molecule has 1 aliphatic rings. The average molecular weight is 433 g/mol. The van der Waals surface area contributed by atoms with Crippen LogP contribution in [0.3, 0.4) is 0 Å². The Morgan fingerprint density at radius 3 is 2.29 bits per heavy atom. The van der Waals surface area contributed by atoms with Gasteiger partial charge in [0.15, 0.2) is 0 Å². The van der Waals surface area contributed by atoms with E-state index in [1.54, 1.807) is 18.9 Å². The maximum atomic E-state index is 12.6. The lowest BCUT2D eigenvalue weighted by molar-refractivity contribution is -0.137. The Bertz CT molecular complexity index is 742. The van der Waals surface area contributed by atoms with Gasteiger partial charge >= 0.3 is 0 Å². The van der Waals surface area contributed by atoms with E-state index < -0.39 is 12.1 Å². The first-order chi connectivity index (χ1) is 14.7. The molecule has 172 valence electrons. The van der Waals surface area contributed by atoms with Gasteiger partial charge in [0.1, 0.15) is 11.8 Å². The number of likely N-dealkylation sites (tertiary alicyclic amines) is 1. The van der Waals surface area contributed by atoms with E-state index in [0.29, 0.717) is 44.8 Å². The first-order valence-electron chi connectivity index (χ1n) is 11.0. The molecule has 0 radical (unpaired) electrons. The van der Waals surface area contributed by atoms with Gasteiger partial charge < -0.3 is 26.0 Å². The summed E-state index contributed by atoms with van der Waals surface area (Å²) < 4.78 is 5.12. The SMILES string of the molecule is COc1ccc(CNC(=O)C(C)NC(=O)C2CCN(C(=O)C(N)CC(C)C)CC2)cc1. The van der Waals surface area contributed by atoms with Crippen LogP contribution in [0.2, 0.25) is 0 Å². The maximum absolute atomic E-state index is 12.6. The molecule has 1 aromatic carbocycles. The van der Waals surface area contributed by atoms with Gasteiger partial charge in [-0.05, 0) is 49.8 Å². The summed E-state index contributed by atoms with van der Waals surface area (Å²) in [6, 6.07) is 6.30. The standard InChI is InChI=1S/C23H36N4O4/c1-15(2)13-20(24)23(30)27-11-9-18(10-12-27)22(29)26-16(3)21(28)25-14-17-5-7-19(31-4)8-6-17/h5-8,15-16,18,20H,9-14,24H2,1-4H3,(H,25,28)(H,26,29). The van der Waals surface area contributed by atoms with Gasteiger partial charge in [-0.3, -0.25) is 14.4 Å². The summed E-state index contributed by atoms with van der Waals surface area (Å²) in [7, 11) is 1.60. The Hall–Kier alpha value is -2.61. The highest BCUT2D eigenvalue weighted by Crippen LogP contribution is 2.19. The van der Waals surface area contributed by atoms with Crippen LogP contribution < -0.4 is 21.1 Å². The summed E-state index contributed by atoms with van der Waals surface area (Å²) in [5, 5.41) is 5.63. The molecule has 2 rings (SSSR count). The van der Waals surface area contributed by atoms with Crippen molar-refractivity contribution in [3.63, 3.8) is 0 Å². The van der Waals surface area contributed by atoms with Crippen molar-refractivity contribution in [3.8, 4) is 5.75 Å². The lowest BCUT2D eigenvalue weighted by Crippen LogP contribution is -2.51. The van der Waals surface area contributed by atoms with Crippen molar-refractivity contribution in [3.05, 3.63) is 29.8 Å². The number of carbonyl (C=O) groups excluding carboxylic acids is 3. The Morgan fingerprint density at radius 2 is 1.74 bits per heavy atom. The van der Waals surface area contributed by atoms with Crippen LogP contribution in [0.4, 0.5) is 0 Å². The summed E-state index contributed by atoms with van der Waals surface area (Å²) in [6.45, 7) is 7.16. The number of piperidine rings is 1. The molecule has 1 saturated heterocycles. The molecule has 8 nitrogen and oxygen atoms in total. The first kappa shape index (κ1) is 24.7. The van der Waals surface area contributed by atoms with Gasteiger partial charge in [0.05, 0.1) is 13.2 Å². The second-order valence-corrected chi connectivity index (χ2v) is 8.63. The number of nitrogens with one attached hydrogen (secondary N) is 2. The molecule has 3 amide bonds. The number of carbonyl (C=O) groups is 3. The number of hydrogen-bond acceptors (Lipinski definition) is 5. The summed E-state index contributed by atoms with van der Waals surface area (Å²) in [6.07, 6.45) is 1.81. The topological polar surface area (TPSA) is 114 Å². The van der Waals surface area contributed by atoms with Gasteiger partial charge in [-0.15, -0.1) is 0 Å². The fourth-order valence-electron chi connectivity index (χ4n) is 3.69. The van der Waals surface area contributed by atoms with E-state index >= 15 is 0 Å². The first-order valence-corrected chi connectivity index (χ1v) is 11.0. The molecular weight excluding hydrogens is 396 g/mol. The molecule has 1 heterocycles. The molecule has 1 fully saturated rings. The van der Waals surface area contributed by atoms with E-state index in [1.807, 2.05) is 38.1 Å². The van der Waals surface area contributed by atoms with E-state index in [-0.39, 0.29) is 23.6 Å². The Balaban J connectivity index is 1.74. The summed E-state index contributed by atoms with van der Waals surface area (Å²) >= 11 is 0. The van der Waals surface area contributed by atoms with Crippen LogP contribution in [0.25, 0.3) is 0 Å². The van der Waals surface area contributed by atoms with Crippen LogP contribution in [0.15, 0.2) is 24.3 Å². The number of rotatable bonds is 9. The van der Waals surface area contributed by atoms with E-state index in [0.717, 1.165) is 11.3 Å². The minimum absolute atomic E-state index is 0.0427. The zero-order valence-electron chi connectivity index (χ0n) is 19.0. The number of nitrogens with zero attached hydrogens (tertiary/aromatic N) is 1. The van der Waals surface area contributed by atoms with Gasteiger partial charge in [-0.2, -0.15) is 0 Å². The van der Waals surface area contributed by atoms with Crippen molar-refractivity contribution >= 4 is 17.7 Å². The van der Waals surface area contributed by atoms with Gasteiger partial charge in [-0.25, -0.2) is 0 Å². The molecule has 8 heteroatoms. The molecule has 1 aliphatic heterocycles. The number of benzene rings is 1. The third-order valence-corrected chi connectivity index (χ3v) is 5.60. The van der Waals surface area contributed by atoms with Crippen LogP contribution in [0.5, 0.6) is 5.75 Å². The molecular formula is C23H36N4O4. The number of ether oxygens (including phenoxy) is 1. The van der Waals surface area contributed by atoms with Crippen molar-refractivity contribution < 1.29 is 19.1 Å². The number of hydrogen-bond donors (Lipinski definition) is 3. The Morgan fingerprint density at radius 1 is 1.13 bits per heavy atom. The van der Waals surface area contributed by atoms with E-state index in [4.69, 9.17) is 10.5 Å². The molecule has 0 aliphatic carbocycles. The largest absolute Gasteiger partial charge is 0.497 e. The number of nitrogens with two attached hydrogens (primary N) is 1. The third kappa shape index (κ3) is 7.54. The van der Waals surface area contributed by atoms with E-state index in [9.17, 15) is 14.4 Å². The zero-order valence-corrected chi connectivity index (χ0v) is 19.0. The second kappa shape index (κ2) is 11.7. The van der Waals surface area contributed by atoms with Crippen LogP contribution in [0, 0.1) is 11.8 Å². The fourth-order valence-corrected chi connectivity index (χ4v) is 3.69. The lowest BCUT2D eigenvalue weighted by atomic mass is 9.94. The zero-order chi connectivity index (χ0) is 23.0. The summed E-state index contributed by atoms with van der Waals surface area (Å²) in [5.41, 5.74) is 6.95. The third-order valence-electron chi connectivity index (χ3n) is 5.60. The van der Waals surface area contributed by atoms with Gasteiger partial charge in [0.2, 0.25) is 17.7 Å². The van der Waals surface area contributed by atoms with Crippen LogP contribution in [-0.2, 0) is 20.9 Å². The molecule has 31 heavy (non-hydrogen) atoms. The predicted molar refractivity (Wildman–Crippen MR) is 119 cm³/mol. The van der Waals surface area contributed by atoms with Crippen molar-refractivity contribution in [2.24, 2.45) is 17.6 Å². The quantitative estimate of drug-likeness (QED) is 0.546. The molecule has 0 spiro atoms. The predicted octanol–water partition coefficient (Wildman–Crippen LogP) is 1.43. The van der Waals surface area contributed by atoms with Crippen molar-refractivity contribution in [1.29, 1.82) is 0 Å². The smallest absolute Gasteiger partial charge is 0.242 e. The van der Waals surface area contributed by atoms with Gasteiger partial charge in [0, 0.05) is 25.6 Å². The Kier molecular flexibility index (Phi) is 9.30. The van der Waals surface area contributed by atoms with Crippen molar-refractivity contribution in [2.75, 3.05) is 20.2 Å². The molecule has 0 saturated carbocycles. The number of methoxy groups -OCH3 is 1. The monoisotopic (exact) mass is 432 g/mol. The molecule has 2 atom stereocenters. The van der Waals surface area contributed by atoms with E-state index in [1.165, 1.54) is 0 Å². The average Bonchev–Trinajstić information content (AvgIpc) is 2.76. The molecule has 0 bridgehead atoms. The van der Waals surface area contributed by atoms with Crippen molar-refractivity contribution in [2.45, 2.75) is 58.7 Å². The number of amides is 3. The van der Waals surface area contributed by atoms with Crippen LogP contribution >= 0.6 is 0 Å². The van der Waals surface area contributed by atoms with Crippen LogP contribution in [0.1, 0.15) is 45.6 Å². The van der Waals surface area contributed by atoms with E-state index in [2.05, 4.69) is 10.6 Å². The van der Waals surface area contributed by atoms with Gasteiger partial charge in [0.25, 0.3) is 0 Å². The minimum Gasteiger partial charge on any atom is -0.497 e. The van der Waals surface area contributed by atoms with Crippen LogP contribution in [-0.4, -0.2) is 54.9 Å². The molecule has 1 aromatic rings. The lowest BCUT2D eigenvalue weighted by Gasteiger charge is -2.33. The highest BCUT2D eigenvalue weighted by atomic mass is 16.5.